The summed E-state index contributed by atoms with van der Waals surface area (Å²) in [5, 5.41) is 2.12. The fourth-order valence-corrected chi connectivity index (χ4v) is 3.32. The minimum Gasteiger partial charge on any atom is -0.399 e. The molecule has 1 aromatic heterocycles. The third kappa shape index (κ3) is 3.57. The highest BCUT2D eigenvalue weighted by Gasteiger charge is 2.08. The van der Waals surface area contributed by atoms with Crippen molar-refractivity contribution in [2.45, 2.75) is 20.0 Å². The van der Waals surface area contributed by atoms with E-state index >= 15 is 0 Å². The van der Waals surface area contributed by atoms with E-state index in [9.17, 15) is 0 Å². The molecular weight excluding hydrogens is 308 g/mol. The van der Waals surface area contributed by atoms with E-state index in [-0.39, 0.29) is 0 Å². The van der Waals surface area contributed by atoms with Gasteiger partial charge in [0.2, 0.25) is 0 Å². The summed E-state index contributed by atoms with van der Waals surface area (Å²) in [7, 11) is 0. The standard InChI is InChI=1S/C14H17BrN2S/c1-2-17(10-14-13(15)7-8-18-14)9-11-3-5-12(16)6-4-11/h3-8H,2,9-10,16H2,1H3. The van der Waals surface area contributed by atoms with Crippen LogP contribution >= 0.6 is 27.3 Å². The van der Waals surface area contributed by atoms with Crippen LogP contribution in [-0.4, -0.2) is 11.4 Å². The lowest BCUT2D eigenvalue weighted by Crippen LogP contribution is -2.21. The number of hydrogen-bond donors (Lipinski definition) is 1. The highest BCUT2D eigenvalue weighted by molar-refractivity contribution is 9.10. The van der Waals surface area contributed by atoms with Gasteiger partial charge in [0.25, 0.3) is 0 Å². The fraction of sp³-hybridized carbons (Fsp3) is 0.286. The second kappa shape index (κ2) is 6.36. The normalized spacial score (nSPS) is 11.1. The zero-order valence-corrected chi connectivity index (χ0v) is 12.8. The van der Waals surface area contributed by atoms with Crippen molar-refractivity contribution in [2.75, 3.05) is 12.3 Å². The van der Waals surface area contributed by atoms with Crippen LogP contribution in [0, 0.1) is 0 Å². The van der Waals surface area contributed by atoms with Crippen LogP contribution in [0.2, 0.25) is 0 Å². The topological polar surface area (TPSA) is 29.3 Å². The van der Waals surface area contributed by atoms with Crippen LogP contribution < -0.4 is 5.73 Å². The van der Waals surface area contributed by atoms with Crippen LogP contribution in [0.1, 0.15) is 17.4 Å². The Morgan fingerprint density at radius 2 is 1.89 bits per heavy atom. The molecule has 1 aromatic carbocycles. The Morgan fingerprint density at radius 1 is 1.17 bits per heavy atom. The molecular formula is C14H17BrN2S. The number of nitrogen functional groups attached to an aromatic ring is 1. The number of thiophene rings is 1. The number of nitrogens with zero attached hydrogens (tertiary/aromatic N) is 1. The van der Waals surface area contributed by atoms with E-state index in [2.05, 4.69) is 51.3 Å². The van der Waals surface area contributed by atoms with Gasteiger partial charge in [-0.2, -0.15) is 0 Å². The van der Waals surface area contributed by atoms with Crippen molar-refractivity contribution < 1.29 is 0 Å². The summed E-state index contributed by atoms with van der Waals surface area (Å²) in [5.41, 5.74) is 7.83. The monoisotopic (exact) mass is 324 g/mol. The zero-order chi connectivity index (χ0) is 13.0. The predicted octanol–water partition coefficient (Wildman–Crippen LogP) is 4.11. The van der Waals surface area contributed by atoms with Crippen LogP contribution in [0.5, 0.6) is 0 Å². The van der Waals surface area contributed by atoms with E-state index in [1.54, 1.807) is 11.3 Å². The van der Waals surface area contributed by atoms with Crippen molar-refractivity contribution in [2.24, 2.45) is 0 Å². The van der Waals surface area contributed by atoms with Crippen molar-refractivity contribution in [3.05, 3.63) is 50.6 Å². The highest BCUT2D eigenvalue weighted by atomic mass is 79.9. The van der Waals surface area contributed by atoms with Crippen LogP contribution in [0.25, 0.3) is 0 Å². The first-order valence-electron chi connectivity index (χ1n) is 5.97. The summed E-state index contributed by atoms with van der Waals surface area (Å²) in [4.78, 5) is 3.80. The first kappa shape index (κ1) is 13.6. The Hall–Kier alpha value is -0.840. The summed E-state index contributed by atoms with van der Waals surface area (Å²) in [5.74, 6) is 0. The Kier molecular flexibility index (Phi) is 4.80. The van der Waals surface area contributed by atoms with Gasteiger partial charge in [0.1, 0.15) is 0 Å². The van der Waals surface area contributed by atoms with Gasteiger partial charge in [0, 0.05) is 28.1 Å². The molecule has 0 radical (unpaired) electrons. The predicted molar refractivity (Wildman–Crippen MR) is 82.7 cm³/mol. The largest absolute Gasteiger partial charge is 0.399 e. The molecule has 0 spiro atoms. The Balaban J connectivity index is 2.01. The van der Waals surface area contributed by atoms with E-state index < -0.39 is 0 Å². The van der Waals surface area contributed by atoms with Crippen LogP contribution in [0.15, 0.2) is 40.2 Å². The summed E-state index contributed by atoms with van der Waals surface area (Å²) in [6.45, 7) is 5.17. The SMILES string of the molecule is CCN(Cc1ccc(N)cc1)Cc1sccc1Br. The van der Waals surface area contributed by atoms with Gasteiger partial charge < -0.3 is 5.73 Å². The lowest BCUT2D eigenvalue weighted by Gasteiger charge is -2.20. The second-order valence-corrected chi connectivity index (χ2v) is 6.09. The molecule has 96 valence electrons. The van der Waals surface area contributed by atoms with Crippen molar-refractivity contribution in [1.29, 1.82) is 0 Å². The van der Waals surface area contributed by atoms with Gasteiger partial charge in [0.15, 0.2) is 0 Å². The lowest BCUT2D eigenvalue weighted by molar-refractivity contribution is 0.273. The minimum atomic E-state index is 0.822. The summed E-state index contributed by atoms with van der Waals surface area (Å²) in [6.07, 6.45) is 0. The average Bonchev–Trinajstić information content (AvgIpc) is 2.77. The van der Waals surface area contributed by atoms with E-state index in [4.69, 9.17) is 5.73 Å². The number of nitrogens with two attached hydrogens (primary N) is 1. The van der Waals surface area contributed by atoms with Gasteiger partial charge in [-0.1, -0.05) is 19.1 Å². The zero-order valence-electron chi connectivity index (χ0n) is 10.4. The quantitative estimate of drug-likeness (QED) is 0.838. The minimum absolute atomic E-state index is 0.822. The number of anilines is 1. The fourth-order valence-electron chi connectivity index (χ4n) is 1.80. The maximum Gasteiger partial charge on any atom is 0.0342 e. The van der Waals surface area contributed by atoms with E-state index in [1.807, 2.05) is 12.1 Å². The summed E-state index contributed by atoms with van der Waals surface area (Å²) in [6, 6.07) is 10.2. The highest BCUT2D eigenvalue weighted by Crippen LogP contribution is 2.24. The van der Waals surface area contributed by atoms with Gasteiger partial charge in [-0.15, -0.1) is 11.3 Å². The molecule has 0 aliphatic carbocycles. The maximum atomic E-state index is 5.70. The molecule has 0 aliphatic heterocycles. The van der Waals surface area contributed by atoms with Gasteiger partial charge in [-0.3, -0.25) is 4.90 Å². The summed E-state index contributed by atoms with van der Waals surface area (Å²) >= 11 is 5.38. The Morgan fingerprint density at radius 3 is 2.44 bits per heavy atom. The molecule has 0 atom stereocenters. The molecule has 0 bridgehead atoms. The van der Waals surface area contributed by atoms with Crippen LogP contribution in [0.3, 0.4) is 0 Å². The first-order chi connectivity index (χ1) is 8.69. The van der Waals surface area contributed by atoms with E-state index in [1.165, 1.54) is 14.9 Å². The van der Waals surface area contributed by atoms with Crippen molar-refractivity contribution in [1.82, 2.24) is 4.90 Å². The summed E-state index contributed by atoms with van der Waals surface area (Å²) < 4.78 is 1.21. The first-order valence-corrected chi connectivity index (χ1v) is 7.65. The number of benzene rings is 1. The van der Waals surface area contributed by atoms with Crippen molar-refractivity contribution in [3.63, 3.8) is 0 Å². The van der Waals surface area contributed by atoms with Crippen LogP contribution in [-0.2, 0) is 13.1 Å². The van der Waals surface area contributed by atoms with Gasteiger partial charge in [0.05, 0.1) is 0 Å². The van der Waals surface area contributed by atoms with Crippen LogP contribution in [0.4, 0.5) is 5.69 Å². The smallest absolute Gasteiger partial charge is 0.0342 e. The van der Waals surface area contributed by atoms with Crippen molar-refractivity contribution in [3.8, 4) is 0 Å². The van der Waals surface area contributed by atoms with Gasteiger partial charge in [-0.05, 0) is 51.6 Å². The molecule has 0 fully saturated rings. The molecule has 2 rings (SSSR count). The third-order valence-electron chi connectivity index (χ3n) is 2.89. The molecule has 0 saturated heterocycles. The molecule has 0 saturated carbocycles. The van der Waals surface area contributed by atoms with Crippen molar-refractivity contribution >= 4 is 33.0 Å². The average molecular weight is 325 g/mol. The van der Waals surface area contributed by atoms with Gasteiger partial charge >= 0.3 is 0 Å². The number of rotatable bonds is 5. The Bertz CT molecular complexity index is 493. The molecule has 2 nitrogen and oxygen atoms in total. The van der Waals surface area contributed by atoms with Gasteiger partial charge in [-0.25, -0.2) is 0 Å². The molecule has 0 aliphatic rings. The maximum absolute atomic E-state index is 5.70. The molecule has 1 heterocycles. The molecule has 0 amide bonds. The molecule has 2 aromatic rings. The lowest BCUT2D eigenvalue weighted by atomic mass is 10.2. The van der Waals surface area contributed by atoms with E-state index in [0.717, 1.165) is 25.3 Å². The molecule has 0 unspecified atom stereocenters. The molecule has 18 heavy (non-hydrogen) atoms. The number of halogens is 1. The number of hydrogen-bond acceptors (Lipinski definition) is 3. The third-order valence-corrected chi connectivity index (χ3v) is 4.80. The molecule has 2 N–H and O–H groups in total. The van der Waals surface area contributed by atoms with E-state index in [0.29, 0.717) is 0 Å². The molecule has 4 heteroatoms. The Labute approximate surface area is 121 Å². The second-order valence-electron chi connectivity index (χ2n) is 4.24.